The number of carbonyl (C=O) groups excluding carboxylic acids is 1. The molecule has 4 rings (SSSR count). The van der Waals surface area contributed by atoms with Crippen molar-refractivity contribution < 1.29 is 22.4 Å². The van der Waals surface area contributed by atoms with Gasteiger partial charge in [-0.1, -0.05) is 0 Å². The van der Waals surface area contributed by atoms with Crippen molar-refractivity contribution in [2.75, 3.05) is 5.32 Å². The van der Waals surface area contributed by atoms with Crippen LogP contribution in [0.4, 0.5) is 18.9 Å². The number of aromatic nitrogens is 3. The number of hydrogen-bond donors (Lipinski definition) is 1. The first-order valence-electron chi connectivity index (χ1n) is 8.66. The lowest BCUT2D eigenvalue weighted by molar-refractivity contribution is -0.137. The number of alkyl halides is 3. The van der Waals surface area contributed by atoms with Gasteiger partial charge in [0, 0.05) is 17.4 Å². The molecule has 0 aliphatic rings. The van der Waals surface area contributed by atoms with E-state index in [1.807, 2.05) is 12.1 Å². The highest BCUT2D eigenvalue weighted by atomic mass is 19.4. The summed E-state index contributed by atoms with van der Waals surface area (Å²) in [6, 6.07) is 9.66. The zero-order chi connectivity index (χ0) is 20.6. The third-order valence-electron chi connectivity index (χ3n) is 4.38. The maximum absolute atomic E-state index is 12.6. The number of nitrogens with one attached hydrogen (secondary N) is 1. The molecule has 3 aromatic heterocycles. The molecular formula is C20H15F3N4O2. The van der Waals surface area contributed by atoms with Gasteiger partial charge in [0.1, 0.15) is 12.3 Å². The fraction of sp³-hybridized carbons (Fsp3) is 0.150. The minimum Gasteiger partial charge on any atom is -0.464 e. The van der Waals surface area contributed by atoms with Crippen LogP contribution in [0.5, 0.6) is 0 Å². The highest BCUT2D eigenvalue weighted by Gasteiger charge is 2.30. The van der Waals surface area contributed by atoms with E-state index in [0.29, 0.717) is 17.1 Å². The van der Waals surface area contributed by atoms with Crippen LogP contribution < -0.4 is 5.32 Å². The maximum Gasteiger partial charge on any atom is 0.416 e. The smallest absolute Gasteiger partial charge is 0.416 e. The van der Waals surface area contributed by atoms with Gasteiger partial charge < -0.3 is 9.73 Å². The lowest BCUT2D eigenvalue weighted by atomic mass is 10.1. The van der Waals surface area contributed by atoms with Crippen molar-refractivity contribution in [3.63, 3.8) is 0 Å². The van der Waals surface area contributed by atoms with Crippen LogP contribution >= 0.6 is 0 Å². The Morgan fingerprint density at radius 1 is 1.17 bits per heavy atom. The Morgan fingerprint density at radius 2 is 1.93 bits per heavy atom. The van der Waals surface area contributed by atoms with Crippen LogP contribution in [0.25, 0.3) is 22.4 Å². The average molecular weight is 400 g/mol. The number of benzene rings is 1. The van der Waals surface area contributed by atoms with Gasteiger partial charge in [0.25, 0.3) is 0 Å². The normalized spacial score (nSPS) is 11.7. The van der Waals surface area contributed by atoms with Crippen LogP contribution in [-0.2, 0) is 17.5 Å². The predicted molar refractivity (Wildman–Crippen MR) is 100 cm³/mol. The second-order valence-corrected chi connectivity index (χ2v) is 6.40. The van der Waals surface area contributed by atoms with E-state index in [1.54, 1.807) is 25.5 Å². The van der Waals surface area contributed by atoms with E-state index in [4.69, 9.17) is 4.42 Å². The highest BCUT2D eigenvalue weighted by molar-refractivity contribution is 5.95. The molecule has 3 heterocycles. The number of pyridine rings is 1. The topological polar surface area (TPSA) is 73.0 Å². The largest absolute Gasteiger partial charge is 0.464 e. The number of nitrogens with zero attached hydrogens (tertiary/aromatic N) is 3. The van der Waals surface area contributed by atoms with Crippen molar-refractivity contribution in [3.8, 4) is 11.3 Å². The summed E-state index contributed by atoms with van der Waals surface area (Å²) >= 11 is 0. The van der Waals surface area contributed by atoms with Crippen molar-refractivity contribution in [2.24, 2.45) is 0 Å². The summed E-state index contributed by atoms with van der Waals surface area (Å²) in [7, 11) is 0. The van der Waals surface area contributed by atoms with Crippen molar-refractivity contribution in [3.05, 3.63) is 66.2 Å². The van der Waals surface area contributed by atoms with Crippen LogP contribution in [0.15, 0.2) is 59.3 Å². The Hall–Kier alpha value is -3.62. The molecule has 9 heteroatoms. The highest BCUT2D eigenvalue weighted by Crippen LogP contribution is 2.31. The number of carbonyl (C=O) groups is 1. The Labute approximate surface area is 163 Å². The van der Waals surface area contributed by atoms with Crippen molar-refractivity contribution in [1.82, 2.24) is 14.8 Å². The van der Waals surface area contributed by atoms with Gasteiger partial charge in [0.2, 0.25) is 5.91 Å². The SMILES string of the molecule is Cc1nn(CC(=O)Nc2ccc(C(F)(F)F)cc2)c2nccc(-c3ccco3)c12. The summed E-state index contributed by atoms with van der Waals surface area (Å²) < 4.78 is 44.8. The lowest BCUT2D eigenvalue weighted by Crippen LogP contribution is -2.20. The molecule has 0 unspecified atom stereocenters. The molecule has 148 valence electrons. The third kappa shape index (κ3) is 3.71. The summed E-state index contributed by atoms with van der Waals surface area (Å²) in [6.07, 6.45) is -1.25. The first-order chi connectivity index (χ1) is 13.8. The predicted octanol–water partition coefficient (Wildman–Crippen LogP) is 4.66. The first-order valence-corrected chi connectivity index (χ1v) is 8.66. The summed E-state index contributed by atoms with van der Waals surface area (Å²) in [5.41, 5.74) is 1.49. The van der Waals surface area contributed by atoms with E-state index in [2.05, 4.69) is 15.4 Å². The quantitative estimate of drug-likeness (QED) is 0.541. The molecule has 29 heavy (non-hydrogen) atoms. The minimum atomic E-state index is -4.43. The van der Waals surface area contributed by atoms with Crippen molar-refractivity contribution >= 4 is 22.6 Å². The molecule has 0 aliphatic heterocycles. The van der Waals surface area contributed by atoms with Crippen LogP contribution in [0.1, 0.15) is 11.3 Å². The second kappa shape index (κ2) is 7.08. The minimum absolute atomic E-state index is 0.139. The number of furan rings is 1. The van der Waals surface area contributed by atoms with Crippen LogP contribution in [0, 0.1) is 6.92 Å². The average Bonchev–Trinajstić information content (AvgIpc) is 3.30. The number of amides is 1. The molecule has 0 aliphatic carbocycles. The van der Waals surface area contributed by atoms with Gasteiger partial charge in [0.15, 0.2) is 5.65 Å². The van der Waals surface area contributed by atoms with E-state index >= 15 is 0 Å². The number of hydrogen-bond acceptors (Lipinski definition) is 4. The molecule has 1 N–H and O–H groups in total. The van der Waals surface area contributed by atoms with Gasteiger partial charge in [-0.2, -0.15) is 18.3 Å². The fourth-order valence-electron chi connectivity index (χ4n) is 3.11. The maximum atomic E-state index is 12.6. The number of aryl methyl sites for hydroxylation is 1. The molecule has 0 saturated heterocycles. The Morgan fingerprint density at radius 3 is 2.59 bits per heavy atom. The summed E-state index contributed by atoms with van der Waals surface area (Å²) in [5.74, 6) is 0.230. The van der Waals surface area contributed by atoms with Gasteiger partial charge >= 0.3 is 6.18 Å². The molecule has 4 aromatic rings. The Bertz CT molecular complexity index is 1160. The molecular weight excluding hydrogens is 385 g/mol. The van der Waals surface area contributed by atoms with E-state index in [1.165, 1.54) is 16.8 Å². The summed E-state index contributed by atoms with van der Waals surface area (Å²) in [4.78, 5) is 16.7. The Kier molecular flexibility index (Phi) is 4.57. The van der Waals surface area contributed by atoms with Gasteiger partial charge in [-0.3, -0.25) is 4.79 Å². The lowest BCUT2D eigenvalue weighted by Gasteiger charge is -2.09. The molecule has 1 aromatic carbocycles. The first kappa shape index (κ1) is 18.7. The molecule has 0 saturated carbocycles. The number of anilines is 1. The van der Waals surface area contributed by atoms with Gasteiger partial charge in [-0.15, -0.1) is 0 Å². The van der Waals surface area contributed by atoms with Crippen LogP contribution in [-0.4, -0.2) is 20.7 Å². The van der Waals surface area contributed by atoms with Gasteiger partial charge in [-0.25, -0.2) is 9.67 Å². The van der Waals surface area contributed by atoms with Crippen molar-refractivity contribution in [2.45, 2.75) is 19.6 Å². The number of rotatable bonds is 4. The molecule has 0 spiro atoms. The van der Waals surface area contributed by atoms with E-state index in [-0.39, 0.29) is 12.2 Å². The van der Waals surface area contributed by atoms with Gasteiger partial charge in [0.05, 0.1) is 22.9 Å². The van der Waals surface area contributed by atoms with Gasteiger partial charge in [-0.05, 0) is 49.4 Å². The third-order valence-corrected chi connectivity index (χ3v) is 4.38. The Balaban J connectivity index is 1.57. The fourth-order valence-corrected chi connectivity index (χ4v) is 3.11. The molecule has 6 nitrogen and oxygen atoms in total. The van der Waals surface area contributed by atoms with E-state index in [0.717, 1.165) is 23.1 Å². The second-order valence-electron chi connectivity index (χ2n) is 6.40. The monoisotopic (exact) mass is 400 g/mol. The van der Waals surface area contributed by atoms with Crippen LogP contribution in [0.3, 0.4) is 0 Å². The summed E-state index contributed by atoms with van der Waals surface area (Å²) in [5, 5.41) is 7.73. The zero-order valence-electron chi connectivity index (χ0n) is 15.2. The number of halogens is 3. The zero-order valence-corrected chi connectivity index (χ0v) is 15.2. The molecule has 0 fully saturated rings. The van der Waals surface area contributed by atoms with E-state index in [9.17, 15) is 18.0 Å². The molecule has 0 atom stereocenters. The molecule has 0 bridgehead atoms. The van der Waals surface area contributed by atoms with Crippen LogP contribution in [0.2, 0.25) is 0 Å². The van der Waals surface area contributed by atoms with E-state index < -0.39 is 17.6 Å². The van der Waals surface area contributed by atoms with Crippen molar-refractivity contribution in [1.29, 1.82) is 0 Å². The number of fused-ring (bicyclic) bond motifs is 1. The summed E-state index contributed by atoms with van der Waals surface area (Å²) in [6.45, 7) is 1.67. The standard InChI is InChI=1S/C20H15F3N4O2/c1-12-18-15(16-3-2-10-29-16)8-9-24-19(18)27(26-12)11-17(28)25-14-6-4-13(5-7-14)20(21,22)23/h2-10H,11H2,1H3,(H,25,28). The molecule has 0 radical (unpaired) electrons. The molecule has 1 amide bonds.